The van der Waals surface area contributed by atoms with Gasteiger partial charge in [0.15, 0.2) is 5.11 Å². The second-order valence-corrected chi connectivity index (χ2v) is 5.71. The summed E-state index contributed by atoms with van der Waals surface area (Å²) < 4.78 is 0. The van der Waals surface area contributed by atoms with Gasteiger partial charge >= 0.3 is 0 Å². The van der Waals surface area contributed by atoms with E-state index in [4.69, 9.17) is 23.8 Å². The van der Waals surface area contributed by atoms with Gasteiger partial charge < -0.3 is 10.6 Å². The Balaban J connectivity index is 1.97. The number of aryl methyl sites for hydroxylation is 1. The maximum Gasteiger partial charge on any atom is 0.171 e. The minimum Gasteiger partial charge on any atom is -0.356 e. The topological polar surface area (TPSA) is 24.1 Å². The van der Waals surface area contributed by atoms with Crippen molar-refractivity contribution in [3.8, 4) is 0 Å². The average molecular weight is 319 g/mol. The van der Waals surface area contributed by atoms with E-state index >= 15 is 0 Å². The van der Waals surface area contributed by atoms with Crippen molar-refractivity contribution in [3.63, 3.8) is 0 Å². The highest BCUT2D eigenvalue weighted by atomic mass is 35.5. The quantitative estimate of drug-likeness (QED) is 0.780. The maximum atomic E-state index is 6.11. The average Bonchev–Trinajstić information content (AvgIpc) is 2.49. The minimum atomic E-state index is 0.137. The zero-order chi connectivity index (χ0) is 15.2. The molecule has 2 nitrogen and oxygen atoms in total. The first-order chi connectivity index (χ1) is 10.1. The molecule has 0 aliphatic carbocycles. The summed E-state index contributed by atoms with van der Waals surface area (Å²) in [6, 6.07) is 16.2. The molecule has 0 aliphatic heterocycles. The van der Waals surface area contributed by atoms with Crippen LogP contribution in [0, 0.1) is 0 Å². The van der Waals surface area contributed by atoms with Crippen molar-refractivity contribution in [1.29, 1.82) is 0 Å². The fraction of sp³-hybridized carbons (Fsp3) is 0.235. The van der Waals surface area contributed by atoms with Crippen LogP contribution in [0.3, 0.4) is 0 Å². The predicted octanol–water partition coefficient (Wildman–Crippen LogP) is 4.95. The summed E-state index contributed by atoms with van der Waals surface area (Å²) in [5.74, 6) is 0. The first-order valence-corrected chi connectivity index (χ1v) is 7.79. The molecule has 0 heterocycles. The molecule has 1 unspecified atom stereocenters. The molecule has 0 radical (unpaired) electrons. The molecule has 2 N–H and O–H groups in total. The number of anilines is 1. The van der Waals surface area contributed by atoms with E-state index < -0.39 is 0 Å². The molecule has 0 bridgehead atoms. The van der Waals surface area contributed by atoms with Gasteiger partial charge in [0.2, 0.25) is 0 Å². The number of rotatable bonds is 4. The minimum absolute atomic E-state index is 0.137. The third-order valence-electron chi connectivity index (χ3n) is 3.36. The lowest BCUT2D eigenvalue weighted by atomic mass is 10.1. The number of halogens is 1. The molecule has 2 rings (SSSR count). The molecule has 1 atom stereocenters. The van der Waals surface area contributed by atoms with E-state index in [0.29, 0.717) is 10.1 Å². The zero-order valence-corrected chi connectivity index (χ0v) is 13.8. The van der Waals surface area contributed by atoms with Crippen molar-refractivity contribution >= 4 is 34.6 Å². The highest BCUT2D eigenvalue weighted by Crippen LogP contribution is 2.21. The van der Waals surface area contributed by atoms with Crippen LogP contribution in [0.5, 0.6) is 0 Å². The van der Waals surface area contributed by atoms with E-state index in [1.54, 1.807) is 0 Å². The van der Waals surface area contributed by atoms with Crippen LogP contribution >= 0.6 is 23.8 Å². The van der Waals surface area contributed by atoms with Crippen LogP contribution in [-0.4, -0.2) is 5.11 Å². The molecule has 2 aromatic rings. The van der Waals surface area contributed by atoms with E-state index in [2.05, 4.69) is 48.7 Å². The monoisotopic (exact) mass is 318 g/mol. The zero-order valence-electron chi connectivity index (χ0n) is 12.2. The molecule has 21 heavy (non-hydrogen) atoms. The smallest absolute Gasteiger partial charge is 0.171 e. The fourth-order valence-corrected chi connectivity index (χ4v) is 2.51. The molecule has 0 spiro atoms. The Hall–Kier alpha value is -1.58. The Morgan fingerprint density at radius 2 is 1.81 bits per heavy atom. The lowest BCUT2D eigenvalue weighted by molar-refractivity contribution is 0.722. The fourth-order valence-electron chi connectivity index (χ4n) is 2.04. The number of thiocarbonyl (C=S) groups is 1. The summed E-state index contributed by atoms with van der Waals surface area (Å²) in [5.41, 5.74) is 3.35. The number of nitrogens with one attached hydrogen (secondary N) is 2. The van der Waals surface area contributed by atoms with Crippen molar-refractivity contribution in [2.24, 2.45) is 0 Å². The van der Waals surface area contributed by atoms with Gasteiger partial charge in [0, 0.05) is 0 Å². The van der Waals surface area contributed by atoms with E-state index in [9.17, 15) is 0 Å². The van der Waals surface area contributed by atoms with Crippen LogP contribution in [0.25, 0.3) is 0 Å². The molecule has 0 amide bonds. The van der Waals surface area contributed by atoms with Gasteiger partial charge in [0.1, 0.15) is 0 Å². The summed E-state index contributed by atoms with van der Waals surface area (Å²) >= 11 is 11.4. The molecule has 0 aliphatic rings. The lowest BCUT2D eigenvalue weighted by Gasteiger charge is -2.18. The summed E-state index contributed by atoms with van der Waals surface area (Å²) in [6.45, 7) is 4.24. The lowest BCUT2D eigenvalue weighted by Crippen LogP contribution is -2.30. The molecule has 0 saturated carbocycles. The largest absolute Gasteiger partial charge is 0.356 e. The summed E-state index contributed by atoms with van der Waals surface area (Å²) in [6.07, 6.45) is 1.05. The van der Waals surface area contributed by atoms with Gasteiger partial charge in [0.05, 0.1) is 16.8 Å². The van der Waals surface area contributed by atoms with E-state index in [1.807, 2.05) is 24.3 Å². The van der Waals surface area contributed by atoms with Crippen LogP contribution in [0.1, 0.15) is 31.0 Å². The Kier molecular flexibility index (Phi) is 5.59. The van der Waals surface area contributed by atoms with Crippen LogP contribution in [-0.2, 0) is 6.42 Å². The van der Waals surface area contributed by atoms with Crippen LogP contribution in [0.15, 0.2) is 48.5 Å². The normalized spacial score (nSPS) is 11.8. The standard InChI is InChI=1S/C17H19ClN2S/c1-3-13-8-10-14(11-9-13)12(2)19-17(21)20-16-7-5-4-6-15(16)18/h4-12H,3H2,1-2H3,(H2,19,20,21). The van der Waals surface area contributed by atoms with Gasteiger partial charge in [-0.1, -0.05) is 54.9 Å². The Bertz CT molecular complexity index is 610. The number of para-hydroxylation sites is 1. The second kappa shape index (κ2) is 7.43. The molecule has 110 valence electrons. The number of hydrogen-bond donors (Lipinski definition) is 2. The Morgan fingerprint density at radius 1 is 1.14 bits per heavy atom. The molecule has 0 fully saturated rings. The second-order valence-electron chi connectivity index (χ2n) is 4.90. The van der Waals surface area contributed by atoms with Gasteiger partial charge in [-0.2, -0.15) is 0 Å². The third-order valence-corrected chi connectivity index (χ3v) is 3.91. The Morgan fingerprint density at radius 3 is 2.43 bits per heavy atom. The summed E-state index contributed by atoms with van der Waals surface area (Å²) in [5, 5.41) is 7.61. The Labute approximate surface area is 136 Å². The maximum absolute atomic E-state index is 6.11. The molecular formula is C17H19ClN2S. The number of hydrogen-bond acceptors (Lipinski definition) is 1. The van der Waals surface area contributed by atoms with Crippen LogP contribution < -0.4 is 10.6 Å². The van der Waals surface area contributed by atoms with Gasteiger partial charge in [0.25, 0.3) is 0 Å². The van der Waals surface area contributed by atoms with Crippen molar-refractivity contribution in [2.45, 2.75) is 26.3 Å². The van der Waals surface area contributed by atoms with E-state index in [1.165, 1.54) is 11.1 Å². The van der Waals surface area contributed by atoms with Crippen molar-refractivity contribution < 1.29 is 0 Å². The highest BCUT2D eigenvalue weighted by molar-refractivity contribution is 7.80. The first-order valence-electron chi connectivity index (χ1n) is 7.01. The van der Waals surface area contributed by atoms with Crippen molar-refractivity contribution in [3.05, 3.63) is 64.7 Å². The number of benzene rings is 2. The van der Waals surface area contributed by atoms with Crippen LogP contribution in [0.2, 0.25) is 5.02 Å². The SMILES string of the molecule is CCc1ccc(C(C)NC(=S)Nc2ccccc2Cl)cc1. The first kappa shape index (κ1) is 15.8. The van der Waals surface area contributed by atoms with Gasteiger partial charge in [-0.3, -0.25) is 0 Å². The molecule has 0 saturated heterocycles. The van der Waals surface area contributed by atoms with Gasteiger partial charge in [-0.15, -0.1) is 0 Å². The van der Waals surface area contributed by atoms with Gasteiger partial charge in [-0.05, 0) is 48.8 Å². The van der Waals surface area contributed by atoms with Crippen LogP contribution in [0.4, 0.5) is 5.69 Å². The molecule has 4 heteroatoms. The highest BCUT2D eigenvalue weighted by Gasteiger charge is 2.08. The summed E-state index contributed by atoms with van der Waals surface area (Å²) in [4.78, 5) is 0. The summed E-state index contributed by atoms with van der Waals surface area (Å²) in [7, 11) is 0. The molecular weight excluding hydrogens is 300 g/mol. The van der Waals surface area contributed by atoms with Crippen molar-refractivity contribution in [1.82, 2.24) is 5.32 Å². The third kappa shape index (κ3) is 4.45. The van der Waals surface area contributed by atoms with Gasteiger partial charge in [-0.25, -0.2) is 0 Å². The predicted molar refractivity (Wildman–Crippen MR) is 95.0 cm³/mol. The van der Waals surface area contributed by atoms with Crippen molar-refractivity contribution in [2.75, 3.05) is 5.32 Å². The van der Waals surface area contributed by atoms with E-state index in [0.717, 1.165) is 12.1 Å². The molecule has 2 aromatic carbocycles. The molecule has 0 aromatic heterocycles. The van der Waals surface area contributed by atoms with E-state index in [-0.39, 0.29) is 6.04 Å².